The first-order valence-corrected chi connectivity index (χ1v) is 11.6. The van der Waals surface area contributed by atoms with Gasteiger partial charge in [0.15, 0.2) is 11.5 Å². The van der Waals surface area contributed by atoms with Crippen LogP contribution in [0.5, 0.6) is 11.5 Å². The van der Waals surface area contributed by atoms with E-state index in [-0.39, 0.29) is 24.0 Å². The summed E-state index contributed by atoms with van der Waals surface area (Å²) in [4.78, 5) is 24.2. The number of ether oxygens (including phenoxy) is 2. The number of amides is 1. The molecule has 2 aromatic carbocycles. The maximum atomic E-state index is 13.2. The van der Waals surface area contributed by atoms with E-state index in [1.54, 1.807) is 0 Å². The van der Waals surface area contributed by atoms with Crippen molar-refractivity contribution in [3.8, 4) is 11.5 Å². The molecule has 0 radical (unpaired) electrons. The Morgan fingerprint density at radius 3 is 2.69 bits per heavy atom. The van der Waals surface area contributed by atoms with E-state index < -0.39 is 0 Å². The Labute approximate surface area is 191 Å². The summed E-state index contributed by atoms with van der Waals surface area (Å²) in [6.45, 7) is 8.76. The molecular formula is C27H35NO4. The lowest BCUT2D eigenvalue weighted by atomic mass is 9.84. The van der Waals surface area contributed by atoms with Gasteiger partial charge in [-0.1, -0.05) is 71.2 Å². The maximum absolute atomic E-state index is 13.2. The lowest BCUT2D eigenvalue weighted by molar-refractivity contribution is -0.116. The standard InChI is InChI=1S/C27H35NO4/c1-5-6-7-9-20(21-10-8-11-24-26(21)32-18-31-24)17-25(30)28-23-16-19(14-15-29)12-13-22(23)27(2,3)4/h8,10-13,15-16,20H,5-7,9,14,17-18H2,1-4H3,(H,28,30). The van der Waals surface area contributed by atoms with Gasteiger partial charge in [0.2, 0.25) is 12.7 Å². The molecule has 32 heavy (non-hydrogen) atoms. The van der Waals surface area contributed by atoms with Crippen LogP contribution in [0.1, 0.15) is 82.4 Å². The third-order valence-electron chi connectivity index (χ3n) is 5.94. The van der Waals surface area contributed by atoms with Crippen LogP contribution in [-0.2, 0) is 21.4 Å². The summed E-state index contributed by atoms with van der Waals surface area (Å²) in [5.74, 6) is 1.54. The third-order valence-corrected chi connectivity index (χ3v) is 5.94. The maximum Gasteiger partial charge on any atom is 0.231 e. The molecule has 172 valence electrons. The normalized spacial score (nSPS) is 13.6. The Balaban J connectivity index is 1.83. The van der Waals surface area contributed by atoms with Crippen molar-refractivity contribution in [2.75, 3.05) is 12.1 Å². The number of hydrogen-bond acceptors (Lipinski definition) is 4. The topological polar surface area (TPSA) is 64.6 Å². The number of carbonyl (C=O) groups is 2. The van der Waals surface area contributed by atoms with Crippen LogP contribution < -0.4 is 14.8 Å². The second kappa shape index (κ2) is 10.7. The van der Waals surface area contributed by atoms with Gasteiger partial charge in [-0.25, -0.2) is 0 Å². The van der Waals surface area contributed by atoms with Gasteiger partial charge in [-0.15, -0.1) is 0 Å². The van der Waals surface area contributed by atoms with Gasteiger partial charge in [0.1, 0.15) is 6.29 Å². The van der Waals surface area contributed by atoms with E-state index in [4.69, 9.17) is 9.47 Å². The molecule has 0 spiro atoms. The van der Waals surface area contributed by atoms with Crippen LogP contribution >= 0.6 is 0 Å². The number of fused-ring (bicyclic) bond motifs is 1. The van der Waals surface area contributed by atoms with E-state index in [2.05, 4.69) is 33.0 Å². The van der Waals surface area contributed by atoms with Crippen molar-refractivity contribution in [1.29, 1.82) is 0 Å². The number of anilines is 1. The van der Waals surface area contributed by atoms with Gasteiger partial charge in [-0.05, 0) is 41.0 Å². The molecule has 1 aliphatic rings. The first-order valence-electron chi connectivity index (χ1n) is 11.6. The van der Waals surface area contributed by atoms with E-state index in [0.29, 0.717) is 12.8 Å². The highest BCUT2D eigenvalue weighted by molar-refractivity contribution is 5.92. The summed E-state index contributed by atoms with van der Waals surface area (Å²) in [6, 6.07) is 11.8. The van der Waals surface area contributed by atoms with Crippen molar-refractivity contribution >= 4 is 17.9 Å². The van der Waals surface area contributed by atoms with Gasteiger partial charge >= 0.3 is 0 Å². The summed E-state index contributed by atoms with van der Waals surface area (Å²) in [6.07, 6.45) is 5.82. The molecule has 1 atom stereocenters. The van der Waals surface area contributed by atoms with Crippen molar-refractivity contribution in [2.45, 2.75) is 77.6 Å². The molecule has 0 aliphatic carbocycles. The molecular weight excluding hydrogens is 402 g/mol. The lowest BCUT2D eigenvalue weighted by Gasteiger charge is -2.25. The first kappa shape index (κ1) is 23.8. The predicted molar refractivity (Wildman–Crippen MR) is 128 cm³/mol. The van der Waals surface area contributed by atoms with Crippen molar-refractivity contribution < 1.29 is 19.1 Å². The fraction of sp³-hybridized carbons (Fsp3) is 0.481. The minimum absolute atomic E-state index is 0.0308. The summed E-state index contributed by atoms with van der Waals surface area (Å²) in [7, 11) is 0. The Kier molecular flexibility index (Phi) is 7.94. The molecule has 1 amide bonds. The van der Waals surface area contributed by atoms with Crippen LogP contribution in [0.2, 0.25) is 0 Å². The van der Waals surface area contributed by atoms with E-state index in [1.165, 1.54) is 0 Å². The minimum atomic E-state index is -0.131. The molecule has 1 unspecified atom stereocenters. The van der Waals surface area contributed by atoms with Gasteiger partial charge in [0.25, 0.3) is 0 Å². The number of carbonyl (C=O) groups excluding carboxylic acids is 2. The molecule has 3 rings (SSSR count). The molecule has 2 aromatic rings. The van der Waals surface area contributed by atoms with Crippen molar-refractivity contribution in [1.82, 2.24) is 0 Å². The largest absolute Gasteiger partial charge is 0.454 e. The fourth-order valence-corrected chi connectivity index (χ4v) is 4.28. The Morgan fingerprint density at radius 1 is 1.16 bits per heavy atom. The molecule has 1 heterocycles. The minimum Gasteiger partial charge on any atom is -0.454 e. The van der Waals surface area contributed by atoms with E-state index in [1.807, 2.05) is 36.4 Å². The second-order valence-corrected chi connectivity index (χ2v) is 9.53. The number of rotatable bonds is 10. The summed E-state index contributed by atoms with van der Waals surface area (Å²) in [5, 5.41) is 3.15. The van der Waals surface area contributed by atoms with Crippen molar-refractivity contribution in [3.63, 3.8) is 0 Å². The molecule has 5 nitrogen and oxygen atoms in total. The zero-order valence-corrected chi connectivity index (χ0v) is 19.7. The first-order chi connectivity index (χ1) is 15.3. The summed E-state index contributed by atoms with van der Waals surface area (Å²) < 4.78 is 11.3. The van der Waals surface area contributed by atoms with Crippen LogP contribution in [0.3, 0.4) is 0 Å². The van der Waals surface area contributed by atoms with E-state index in [0.717, 1.165) is 65.8 Å². The van der Waals surface area contributed by atoms with E-state index in [9.17, 15) is 9.59 Å². The molecule has 0 bridgehead atoms. The van der Waals surface area contributed by atoms with Gasteiger partial charge in [0.05, 0.1) is 0 Å². The number of hydrogen-bond donors (Lipinski definition) is 1. The molecule has 0 saturated heterocycles. The smallest absolute Gasteiger partial charge is 0.231 e. The second-order valence-electron chi connectivity index (χ2n) is 9.53. The van der Waals surface area contributed by atoms with Gasteiger partial charge < -0.3 is 19.6 Å². The van der Waals surface area contributed by atoms with Gasteiger partial charge in [0, 0.05) is 24.1 Å². The summed E-state index contributed by atoms with van der Waals surface area (Å²) in [5.41, 5.74) is 3.65. The van der Waals surface area contributed by atoms with Crippen LogP contribution in [0.25, 0.3) is 0 Å². The van der Waals surface area contributed by atoms with Crippen molar-refractivity contribution in [2.24, 2.45) is 0 Å². The highest BCUT2D eigenvalue weighted by Gasteiger charge is 2.26. The van der Waals surface area contributed by atoms with Gasteiger partial charge in [-0.3, -0.25) is 4.79 Å². The Morgan fingerprint density at radius 2 is 1.97 bits per heavy atom. The highest BCUT2D eigenvalue weighted by Crippen LogP contribution is 2.42. The monoisotopic (exact) mass is 437 g/mol. The van der Waals surface area contributed by atoms with Crippen LogP contribution in [-0.4, -0.2) is 19.0 Å². The van der Waals surface area contributed by atoms with Crippen LogP contribution in [0, 0.1) is 0 Å². The molecule has 5 heteroatoms. The fourth-order valence-electron chi connectivity index (χ4n) is 4.28. The molecule has 1 N–H and O–H groups in total. The average molecular weight is 438 g/mol. The number of benzene rings is 2. The van der Waals surface area contributed by atoms with Crippen molar-refractivity contribution in [3.05, 3.63) is 53.1 Å². The number of nitrogens with one attached hydrogen (secondary N) is 1. The Hall–Kier alpha value is -2.82. The van der Waals surface area contributed by atoms with E-state index >= 15 is 0 Å². The summed E-state index contributed by atoms with van der Waals surface area (Å²) >= 11 is 0. The lowest BCUT2D eigenvalue weighted by Crippen LogP contribution is -2.21. The highest BCUT2D eigenvalue weighted by atomic mass is 16.7. The quantitative estimate of drug-likeness (QED) is 0.358. The zero-order chi connectivity index (χ0) is 23.1. The number of aldehydes is 1. The molecule has 0 saturated carbocycles. The average Bonchev–Trinajstić information content (AvgIpc) is 3.22. The molecule has 0 fully saturated rings. The van der Waals surface area contributed by atoms with Crippen LogP contribution in [0.4, 0.5) is 5.69 Å². The number of unbranched alkanes of at least 4 members (excludes halogenated alkanes) is 2. The zero-order valence-electron chi connectivity index (χ0n) is 19.7. The third kappa shape index (κ3) is 5.90. The van der Waals surface area contributed by atoms with Crippen LogP contribution in [0.15, 0.2) is 36.4 Å². The SMILES string of the molecule is CCCCCC(CC(=O)Nc1cc(CC=O)ccc1C(C)(C)C)c1cccc2c1OCO2. The molecule has 0 aromatic heterocycles. The number of para-hydroxylation sites is 1. The van der Waals surface area contributed by atoms with Gasteiger partial charge in [-0.2, -0.15) is 0 Å². The molecule has 1 aliphatic heterocycles. The Bertz CT molecular complexity index is 945. The predicted octanol–water partition coefficient (Wildman–Crippen LogP) is 6.15.